The second kappa shape index (κ2) is 9.33. The standard InChI is InChI=1S/C29H33N3O3/c1-19(2)15-23-17-21-7-6-14-30-27(21)32(23)22-10-8-20(9-11-22)16-24(28(34)35)31-25-18-26(33)29(25)12-4-3-5-13-29/h6-11,14,17-19,24,31H,3-5,12-13,15-16H2,1-2H3,(H,34,35)/t24-/m0/s1. The number of aliphatic carboxylic acids is 1. The highest BCUT2D eigenvalue weighted by molar-refractivity contribution is 6.05. The summed E-state index contributed by atoms with van der Waals surface area (Å²) in [5.74, 6) is -0.238. The number of ketones is 1. The van der Waals surface area contributed by atoms with Gasteiger partial charge in [-0.3, -0.25) is 9.36 Å². The van der Waals surface area contributed by atoms with Crippen LogP contribution in [-0.2, 0) is 22.4 Å². The van der Waals surface area contributed by atoms with Crippen LogP contribution in [0.1, 0.15) is 57.2 Å². The fourth-order valence-corrected chi connectivity index (χ4v) is 5.66. The highest BCUT2D eigenvalue weighted by Gasteiger charge is 2.49. The van der Waals surface area contributed by atoms with Crippen LogP contribution in [0.15, 0.2) is 60.4 Å². The molecule has 1 spiro atoms. The van der Waals surface area contributed by atoms with Crippen molar-refractivity contribution in [3.8, 4) is 5.69 Å². The fourth-order valence-electron chi connectivity index (χ4n) is 5.66. The van der Waals surface area contributed by atoms with Gasteiger partial charge in [0.1, 0.15) is 11.7 Å². The molecule has 1 fully saturated rings. The van der Waals surface area contributed by atoms with E-state index in [1.54, 1.807) is 6.08 Å². The van der Waals surface area contributed by atoms with E-state index in [1.807, 2.05) is 36.5 Å². The molecule has 0 saturated heterocycles. The molecule has 0 bridgehead atoms. The number of aromatic nitrogens is 2. The molecule has 35 heavy (non-hydrogen) atoms. The van der Waals surface area contributed by atoms with Gasteiger partial charge in [-0.1, -0.05) is 45.2 Å². The van der Waals surface area contributed by atoms with Crippen molar-refractivity contribution in [3.63, 3.8) is 0 Å². The van der Waals surface area contributed by atoms with Crippen LogP contribution in [0, 0.1) is 11.3 Å². The zero-order valence-corrected chi connectivity index (χ0v) is 20.5. The van der Waals surface area contributed by atoms with Gasteiger partial charge in [-0.2, -0.15) is 0 Å². The Balaban J connectivity index is 1.37. The molecule has 6 heteroatoms. The van der Waals surface area contributed by atoms with E-state index in [4.69, 9.17) is 0 Å². The summed E-state index contributed by atoms with van der Waals surface area (Å²) in [6.45, 7) is 4.42. The lowest BCUT2D eigenvalue weighted by atomic mass is 9.62. The molecular weight excluding hydrogens is 438 g/mol. The van der Waals surface area contributed by atoms with Crippen LogP contribution in [0.4, 0.5) is 0 Å². The van der Waals surface area contributed by atoms with Crippen molar-refractivity contribution in [1.82, 2.24) is 14.9 Å². The summed E-state index contributed by atoms with van der Waals surface area (Å²) in [6.07, 6.45) is 9.53. The molecule has 2 aliphatic rings. The summed E-state index contributed by atoms with van der Waals surface area (Å²) < 4.78 is 2.20. The Morgan fingerprint density at radius 2 is 1.86 bits per heavy atom. The number of allylic oxidation sites excluding steroid dienone is 2. The molecular formula is C29H33N3O3. The molecule has 0 unspecified atom stereocenters. The van der Waals surface area contributed by atoms with E-state index in [1.165, 1.54) is 5.69 Å². The van der Waals surface area contributed by atoms with Crippen molar-refractivity contribution >= 4 is 22.8 Å². The molecule has 2 heterocycles. The average Bonchev–Trinajstić information content (AvgIpc) is 3.21. The molecule has 2 N–H and O–H groups in total. The third-order valence-electron chi connectivity index (χ3n) is 7.49. The first-order valence-electron chi connectivity index (χ1n) is 12.7. The molecule has 1 saturated carbocycles. The number of hydrogen-bond acceptors (Lipinski definition) is 4. The zero-order valence-electron chi connectivity index (χ0n) is 20.5. The SMILES string of the molecule is CC(C)Cc1cc2cccnc2n1-c1ccc(C[C@H](NC2=CC(=O)C23CCCCC3)C(=O)O)cc1. The summed E-state index contributed by atoms with van der Waals surface area (Å²) in [4.78, 5) is 29.1. The van der Waals surface area contributed by atoms with Crippen molar-refractivity contribution in [2.24, 2.45) is 11.3 Å². The van der Waals surface area contributed by atoms with E-state index in [9.17, 15) is 14.7 Å². The van der Waals surface area contributed by atoms with E-state index in [2.05, 4.69) is 40.8 Å². The number of nitrogens with one attached hydrogen (secondary N) is 1. The lowest BCUT2D eigenvalue weighted by Crippen LogP contribution is -2.51. The predicted octanol–water partition coefficient (Wildman–Crippen LogP) is 5.23. The van der Waals surface area contributed by atoms with Gasteiger partial charge in [0.2, 0.25) is 0 Å². The largest absolute Gasteiger partial charge is 0.480 e. The summed E-state index contributed by atoms with van der Waals surface area (Å²) in [6, 6.07) is 13.5. The van der Waals surface area contributed by atoms with Gasteiger partial charge in [0, 0.05) is 41.2 Å². The highest BCUT2D eigenvalue weighted by Crippen LogP contribution is 2.48. The molecule has 0 amide bonds. The van der Waals surface area contributed by atoms with Crippen LogP contribution in [0.2, 0.25) is 0 Å². The number of hydrogen-bond donors (Lipinski definition) is 2. The number of pyridine rings is 1. The number of carbonyl (C=O) groups excluding carboxylic acids is 1. The van der Waals surface area contributed by atoms with Crippen LogP contribution in [-0.4, -0.2) is 32.5 Å². The van der Waals surface area contributed by atoms with E-state index in [0.717, 1.165) is 66.5 Å². The summed E-state index contributed by atoms with van der Waals surface area (Å²) in [5, 5.41) is 14.2. The number of carboxylic acid groups (broad SMARTS) is 1. The highest BCUT2D eigenvalue weighted by atomic mass is 16.4. The number of fused-ring (bicyclic) bond motifs is 1. The fraction of sp³-hybridized carbons (Fsp3) is 0.414. The van der Waals surface area contributed by atoms with Crippen LogP contribution >= 0.6 is 0 Å². The van der Waals surface area contributed by atoms with Gasteiger partial charge in [0.05, 0.1) is 5.41 Å². The summed E-state index contributed by atoms with van der Waals surface area (Å²) >= 11 is 0. The number of carbonyl (C=O) groups is 2. The number of rotatable bonds is 8. The van der Waals surface area contributed by atoms with Crippen molar-refractivity contribution in [3.05, 3.63) is 71.7 Å². The molecule has 1 atom stereocenters. The van der Waals surface area contributed by atoms with Crippen molar-refractivity contribution < 1.29 is 14.7 Å². The first kappa shape index (κ1) is 23.3. The first-order valence-corrected chi connectivity index (χ1v) is 12.7. The number of nitrogens with zero attached hydrogens (tertiary/aromatic N) is 2. The Hall–Kier alpha value is -3.41. The minimum Gasteiger partial charge on any atom is -0.480 e. The third kappa shape index (κ3) is 4.38. The Labute approximate surface area is 206 Å². The second-order valence-electron chi connectivity index (χ2n) is 10.5. The zero-order chi connectivity index (χ0) is 24.6. The van der Waals surface area contributed by atoms with E-state index >= 15 is 0 Å². The van der Waals surface area contributed by atoms with E-state index < -0.39 is 17.4 Å². The Morgan fingerprint density at radius 3 is 2.51 bits per heavy atom. The van der Waals surface area contributed by atoms with Gasteiger partial charge in [0.15, 0.2) is 5.78 Å². The molecule has 2 aliphatic carbocycles. The Bertz CT molecular complexity index is 1280. The molecule has 0 radical (unpaired) electrons. The molecule has 5 rings (SSSR count). The second-order valence-corrected chi connectivity index (χ2v) is 10.5. The van der Waals surface area contributed by atoms with Gasteiger partial charge in [0.25, 0.3) is 0 Å². The number of benzene rings is 1. The molecule has 1 aromatic carbocycles. The van der Waals surface area contributed by atoms with Crippen LogP contribution in [0.25, 0.3) is 16.7 Å². The lowest BCUT2D eigenvalue weighted by Gasteiger charge is -2.44. The van der Waals surface area contributed by atoms with Crippen molar-refractivity contribution in [1.29, 1.82) is 0 Å². The Morgan fingerprint density at radius 1 is 1.11 bits per heavy atom. The predicted molar refractivity (Wildman–Crippen MR) is 136 cm³/mol. The molecule has 182 valence electrons. The minimum absolute atomic E-state index is 0.151. The average molecular weight is 472 g/mol. The lowest BCUT2D eigenvalue weighted by molar-refractivity contribution is -0.140. The maximum atomic E-state index is 12.4. The van der Waals surface area contributed by atoms with E-state index in [-0.39, 0.29) is 5.78 Å². The maximum Gasteiger partial charge on any atom is 0.326 e. The monoisotopic (exact) mass is 471 g/mol. The normalized spacial score (nSPS) is 17.9. The molecule has 3 aromatic rings. The third-order valence-corrected chi connectivity index (χ3v) is 7.49. The van der Waals surface area contributed by atoms with Gasteiger partial charge >= 0.3 is 5.97 Å². The Kier molecular flexibility index (Phi) is 6.22. The molecule has 0 aliphatic heterocycles. The first-order chi connectivity index (χ1) is 16.9. The summed E-state index contributed by atoms with van der Waals surface area (Å²) in [5.41, 5.74) is 4.45. The number of carboxylic acids is 1. The smallest absolute Gasteiger partial charge is 0.326 e. The van der Waals surface area contributed by atoms with E-state index in [0.29, 0.717) is 12.3 Å². The van der Waals surface area contributed by atoms with Gasteiger partial charge in [-0.25, -0.2) is 9.78 Å². The molecule has 6 nitrogen and oxygen atoms in total. The minimum atomic E-state index is -0.903. The van der Waals surface area contributed by atoms with Crippen LogP contribution in [0.5, 0.6) is 0 Å². The van der Waals surface area contributed by atoms with Gasteiger partial charge in [-0.05, 0) is 61.1 Å². The van der Waals surface area contributed by atoms with Crippen LogP contribution in [0.3, 0.4) is 0 Å². The quantitative estimate of drug-likeness (QED) is 0.470. The topological polar surface area (TPSA) is 84.2 Å². The van der Waals surface area contributed by atoms with Gasteiger partial charge in [-0.15, -0.1) is 0 Å². The van der Waals surface area contributed by atoms with Crippen molar-refractivity contribution in [2.45, 2.75) is 64.8 Å². The summed E-state index contributed by atoms with van der Waals surface area (Å²) in [7, 11) is 0. The van der Waals surface area contributed by atoms with Crippen molar-refractivity contribution in [2.75, 3.05) is 0 Å². The maximum absolute atomic E-state index is 12.4. The van der Waals surface area contributed by atoms with Crippen LogP contribution < -0.4 is 5.32 Å². The molecule has 2 aromatic heterocycles. The van der Waals surface area contributed by atoms with Gasteiger partial charge < -0.3 is 10.4 Å².